The molecule has 1 atom stereocenters. The second kappa shape index (κ2) is 7.38. The minimum atomic E-state index is -0.943. The molecule has 0 amide bonds. The van der Waals surface area contributed by atoms with Gasteiger partial charge in [0.1, 0.15) is 0 Å². The molecule has 18 heavy (non-hydrogen) atoms. The van der Waals surface area contributed by atoms with Gasteiger partial charge in [0.15, 0.2) is 0 Å². The summed E-state index contributed by atoms with van der Waals surface area (Å²) in [6.45, 7) is 2.98. The molecule has 100 valence electrons. The number of rotatable bonds is 7. The van der Waals surface area contributed by atoms with Gasteiger partial charge in [-0.05, 0) is 30.5 Å². The molecule has 0 aromatic heterocycles. The molecule has 1 unspecified atom stereocenters. The lowest BCUT2D eigenvalue weighted by atomic mass is 10.0. The number of aromatic carboxylic acids is 1. The molecule has 0 saturated carbocycles. The zero-order valence-electron chi connectivity index (χ0n) is 10.3. The van der Waals surface area contributed by atoms with Gasteiger partial charge in [0.2, 0.25) is 0 Å². The van der Waals surface area contributed by atoms with Gasteiger partial charge < -0.3 is 15.5 Å². The monoisotopic (exact) mass is 315 g/mol. The van der Waals surface area contributed by atoms with E-state index in [0.717, 1.165) is 29.5 Å². The average molecular weight is 316 g/mol. The first-order valence-corrected chi connectivity index (χ1v) is 6.74. The second-order valence-corrected chi connectivity index (χ2v) is 5.12. The molecule has 5 heteroatoms. The Bertz CT molecular complexity index is 409. The molecule has 3 N–H and O–H groups in total. The zero-order valence-corrected chi connectivity index (χ0v) is 11.9. The largest absolute Gasteiger partial charge is 0.478 e. The zero-order chi connectivity index (χ0) is 13.5. The molecular weight excluding hydrogens is 298 g/mol. The first-order valence-electron chi connectivity index (χ1n) is 5.95. The van der Waals surface area contributed by atoms with E-state index in [1.165, 1.54) is 0 Å². The van der Waals surface area contributed by atoms with Crippen LogP contribution in [0.1, 0.15) is 30.1 Å². The molecule has 0 spiro atoms. The SMILES string of the molecule is CCC(CCO)CNc1cc(Br)cc(C(=O)O)c1. The number of hydrogen-bond acceptors (Lipinski definition) is 3. The van der Waals surface area contributed by atoms with Gasteiger partial charge in [0, 0.05) is 23.3 Å². The number of halogens is 1. The third kappa shape index (κ3) is 4.66. The maximum absolute atomic E-state index is 10.9. The summed E-state index contributed by atoms with van der Waals surface area (Å²) in [5.74, 6) is -0.552. The highest BCUT2D eigenvalue weighted by Crippen LogP contribution is 2.20. The van der Waals surface area contributed by atoms with Gasteiger partial charge in [-0.2, -0.15) is 0 Å². The molecule has 0 aliphatic rings. The van der Waals surface area contributed by atoms with Gasteiger partial charge in [-0.3, -0.25) is 0 Å². The Labute approximate surface area is 115 Å². The summed E-state index contributed by atoms with van der Waals surface area (Å²) in [6, 6.07) is 5.02. The van der Waals surface area contributed by atoms with Crippen molar-refractivity contribution in [2.24, 2.45) is 5.92 Å². The summed E-state index contributed by atoms with van der Waals surface area (Å²) >= 11 is 3.29. The Morgan fingerprint density at radius 1 is 1.44 bits per heavy atom. The number of hydrogen-bond donors (Lipinski definition) is 3. The third-order valence-corrected chi connectivity index (χ3v) is 3.31. The van der Waals surface area contributed by atoms with Gasteiger partial charge in [-0.1, -0.05) is 29.3 Å². The van der Waals surface area contributed by atoms with Crippen molar-refractivity contribution < 1.29 is 15.0 Å². The first-order chi connectivity index (χ1) is 8.56. The Kier molecular flexibility index (Phi) is 6.15. The van der Waals surface area contributed by atoms with Crippen LogP contribution in [0.3, 0.4) is 0 Å². The van der Waals surface area contributed by atoms with Gasteiger partial charge in [0.05, 0.1) is 5.56 Å². The summed E-state index contributed by atoms with van der Waals surface area (Å²) in [7, 11) is 0. The Balaban J connectivity index is 2.69. The molecule has 1 rings (SSSR count). The molecule has 0 radical (unpaired) electrons. The molecule has 0 saturated heterocycles. The minimum absolute atomic E-state index is 0.180. The molecule has 0 heterocycles. The number of aliphatic hydroxyl groups excluding tert-OH is 1. The fraction of sp³-hybridized carbons (Fsp3) is 0.462. The molecule has 0 aliphatic heterocycles. The van der Waals surface area contributed by atoms with Crippen LogP contribution < -0.4 is 5.32 Å². The number of aliphatic hydroxyl groups is 1. The van der Waals surface area contributed by atoms with Crippen molar-refractivity contribution in [1.29, 1.82) is 0 Å². The summed E-state index contributed by atoms with van der Waals surface area (Å²) in [5, 5.41) is 21.1. The number of carboxylic acids is 1. The highest BCUT2D eigenvalue weighted by Gasteiger charge is 2.08. The fourth-order valence-corrected chi connectivity index (χ4v) is 2.20. The topological polar surface area (TPSA) is 69.6 Å². The normalized spacial score (nSPS) is 12.2. The highest BCUT2D eigenvalue weighted by molar-refractivity contribution is 9.10. The van der Waals surface area contributed by atoms with Crippen LogP contribution in [-0.2, 0) is 0 Å². The van der Waals surface area contributed by atoms with E-state index >= 15 is 0 Å². The number of benzene rings is 1. The smallest absolute Gasteiger partial charge is 0.335 e. The summed E-state index contributed by atoms with van der Waals surface area (Å²) in [5.41, 5.74) is 1.03. The van der Waals surface area contributed by atoms with E-state index in [4.69, 9.17) is 10.2 Å². The number of nitrogens with one attached hydrogen (secondary N) is 1. The van der Waals surface area contributed by atoms with E-state index in [0.29, 0.717) is 5.92 Å². The second-order valence-electron chi connectivity index (χ2n) is 4.20. The van der Waals surface area contributed by atoms with Crippen LogP contribution in [0.2, 0.25) is 0 Å². The minimum Gasteiger partial charge on any atom is -0.478 e. The predicted molar refractivity (Wildman–Crippen MR) is 75.1 cm³/mol. The average Bonchev–Trinajstić information content (AvgIpc) is 2.33. The first kappa shape index (κ1) is 15.0. The Morgan fingerprint density at radius 3 is 2.72 bits per heavy atom. The third-order valence-electron chi connectivity index (χ3n) is 2.85. The van der Waals surface area contributed by atoms with Crippen molar-refractivity contribution in [1.82, 2.24) is 0 Å². The van der Waals surface area contributed by atoms with E-state index in [9.17, 15) is 4.79 Å². The van der Waals surface area contributed by atoms with Crippen LogP contribution in [0, 0.1) is 5.92 Å². The molecule has 0 bridgehead atoms. The maximum Gasteiger partial charge on any atom is 0.335 e. The number of anilines is 1. The summed E-state index contributed by atoms with van der Waals surface area (Å²) in [4.78, 5) is 10.9. The van der Waals surface area contributed by atoms with Crippen molar-refractivity contribution in [3.63, 3.8) is 0 Å². The van der Waals surface area contributed by atoms with Crippen LogP contribution in [0.15, 0.2) is 22.7 Å². The Hall–Kier alpha value is -1.07. The quantitative estimate of drug-likeness (QED) is 0.723. The molecule has 4 nitrogen and oxygen atoms in total. The van der Waals surface area contributed by atoms with Crippen molar-refractivity contribution in [3.8, 4) is 0 Å². The van der Waals surface area contributed by atoms with Crippen LogP contribution in [0.4, 0.5) is 5.69 Å². The van der Waals surface area contributed by atoms with E-state index < -0.39 is 5.97 Å². The molecular formula is C13H18BrNO3. The Morgan fingerprint density at radius 2 is 2.17 bits per heavy atom. The number of carboxylic acid groups (broad SMARTS) is 1. The molecule has 0 fully saturated rings. The highest BCUT2D eigenvalue weighted by atomic mass is 79.9. The fourth-order valence-electron chi connectivity index (χ4n) is 1.71. The standard InChI is InChI=1S/C13H18BrNO3/c1-2-9(3-4-16)8-15-12-6-10(13(17)18)5-11(14)7-12/h5-7,9,15-16H,2-4,8H2,1H3,(H,17,18). The van der Waals surface area contributed by atoms with Crippen LogP contribution in [0.25, 0.3) is 0 Å². The molecule has 1 aromatic rings. The number of carbonyl (C=O) groups is 1. The van der Waals surface area contributed by atoms with Gasteiger partial charge in [-0.25, -0.2) is 4.79 Å². The van der Waals surface area contributed by atoms with Crippen molar-refractivity contribution >= 4 is 27.6 Å². The van der Waals surface area contributed by atoms with E-state index in [1.807, 2.05) is 6.07 Å². The van der Waals surface area contributed by atoms with Crippen molar-refractivity contribution in [2.45, 2.75) is 19.8 Å². The van der Waals surface area contributed by atoms with Crippen molar-refractivity contribution in [2.75, 3.05) is 18.5 Å². The predicted octanol–water partition coefficient (Wildman–Crippen LogP) is 2.97. The molecule has 1 aromatic carbocycles. The summed E-state index contributed by atoms with van der Waals surface area (Å²) < 4.78 is 0.736. The lowest BCUT2D eigenvalue weighted by Gasteiger charge is -2.15. The maximum atomic E-state index is 10.9. The van der Waals surface area contributed by atoms with Crippen LogP contribution in [0.5, 0.6) is 0 Å². The molecule has 0 aliphatic carbocycles. The van der Waals surface area contributed by atoms with Gasteiger partial charge >= 0.3 is 5.97 Å². The van der Waals surface area contributed by atoms with E-state index in [2.05, 4.69) is 28.2 Å². The van der Waals surface area contributed by atoms with Crippen LogP contribution in [-0.4, -0.2) is 29.3 Å². The lowest BCUT2D eigenvalue weighted by molar-refractivity contribution is 0.0697. The van der Waals surface area contributed by atoms with Gasteiger partial charge in [0.25, 0.3) is 0 Å². The van der Waals surface area contributed by atoms with Crippen molar-refractivity contribution in [3.05, 3.63) is 28.2 Å². The lowest BCUT2D eigenvalue weighted by Crippen LogP contribution is -2.15. The van der Waals surface area contributed by atoms with Gasteiger partial charge in [-0.15, -0.1) is 0 Å². The van der Waals surface area contributed by atoms with E-state index in [1.54, 1.807) is 12.1 Å². The van der Waals surface area contributed by atoms with E-state index in [-0.39, 0.29) is 12.2 Å². The summed E-state index contributed by atoms with van der Waals surface area (Å²) in [6.07, 6.45) is 1.73. The van der Waals surface area contributed by atoms with Crippen LogP contribution >= 0.6 is 15.9 Å².